The van der Waals surface area contributed by atoms with E-state index in [1.54, 1.807) is 0 Å². The van der Waals surface area contributed by atoms with Crippen molar-refractivity contribution in [1.82, 2.24) is 0 Å². The van der Waals surface area contributed by atoms with Crippen molar-refractivity contribution >= 4 is 48.3 Å². The Morgan fingerprint density at radius 2 is 2.07 bits per heavy atom. The van der Waals surface area contributed by atoms with Crippen LogP contribution in [0.1, 0.15) is 6.93 Å². The monoisotopic (exact) mass is 314 g/mol. The number of halogens is 2. The highest BCUT2D eigenvalue weighted by Gasteiger charge is 2.07. The first-order chi connectivity index (χ1) is 7.15. The van der Waals surface area contributed by atoms with Crippen LogP contribution in [0.15, 0.2) is 33.2 Å². The molecule has 0 aliphatic carbocycles. The zero-order valence-corrected chi connectivity index (χ0v) is 10.5. The molecule has 0 aliphatic rings. The zero-order chi connectivity index (χ0) is 11.0. The lowest BCUT2D eigenvalue weighted by atomic mass is 10.0. The number of fused-ring (bicyclic) bond motifs is 1. The van der Waals surface area contributed by atoms with Gasteiger partial charge in [-0.3, -0.25) is 0 Å². The fourth-order valence-corrected chi connectivity index (χ4v) is 2.94. The minimum atomic E-state index is 0.261. The van der Waals surface area contributed by atoms with Gasteiger partial charge in [-0.15, -0.1) is 0 Å². The second-order valence-corrected chi connectivity index (χ2v) is 4.80. The lowest BCUT2D eigenvalue weighted by Crippen LogP contribution is -1.91. The smallest absolute Gasteiger partial charge is 0.0539 e. The van der Waals surface area contributed by atoms with E-state index in [9.17, 15) is 0 Å². The predicted octanol–water partition coefficient (Wildman–Crippen LogP) is 4.26. The summed E-state index contributed by atoms with van der Waals surface area (Å²) in [5.74, 6) is 0. The summed E-state index contributed by atoms with van der Waals surface area (Å²) in [5.41, 5.74) is 7.69. The summed E-state index contributed by atoms with van der Waals surface area (Å²) in [4.78, 5) is 0. The Hall–Kier alpha value is -0.540. The number of benzene rings is 2. The number of nitrogens with two attached hydrogens (primary N) is 1. The molecule has 0 unspecified atom stereocenters. The molecule has 3 heteroatoms. The largest absolute Gasteiger partial charge is 0.397 e. The van der Waals surface area contributed by atoms with Gasteiger partial charge in [0.05, 0.1) is 5.69 Å². The molecule has 1 nitrogen and oxygen atoms in total. The van der Waals surface area contributed by atoms with Crippen LogP contribution in [0, 0.1) is 6.90 Å². The number of rotatable bonds is 0. The van der Waals surface area contributed by atoms with Gasteiger partial charge < -0.3 is 5.73 Å². The molecular formula is C11H9Br2N. The van der Waals surface area contributed by atoms with Gasteiger partial charge in [-0.2, -0.15) is 0 Å². The number of nitrogen functional groups attached to an aromatic ring is 1. The average Bonchev–Trinajstić information content (AvgIpc) is 2.25. The van der Waals surface area contributed by atoms with Gasteiger partial charge in [0.25, 0.3) is 0 Å². The molecule has 0 radical (unpaired) electrons. The van der Waals surface area contributed by atoms with E-state index in [1.165, 1.54) is 0 Å². The highest BCUT2D eigenvalue weighted by Crippen LogP contribution is 2.36. The molecule has 0 saturated carbocycles. The van der Waals surface area contributed by atoms with Crippen molar-refractivity contribution in [3.8, 4) is 0 Å². The molecule has 2 aromatic carbocycles. The summed E-state index contributed by atoms with van der Waals surface area (Å²) in [6.07, 6.45) is 0. The minimum absolute atomic E-state index is 0.261. The van der Waals surface area contributed by atoms with E-state index in [-0.39, 0.29) is 6.90 Å². The molecule has 14 heavy (non-hydrogen) atoms. The van der Waals surface area contributed by atoms with Crippen molar-refractivity contribution in [2.75, 3.05) is 5.73 Å². The van der Waals surface area contributed by atoms with E-state index >= 15 is 0 Å². The van der Waals surface area contributed by atoms with Gasteiger partial charge in [0.2, 0.25) is 0 Å². The van der Waals surface area contributed by atoms with E-state index < -0.39 is 0 Å². The van der Waals surface area contributed by atoms with Crippen LogP contribution in [0.4, 0.5) is 5.69 Å². The molecular weight excluding hydrogens is 306 g/mol. The maximum absolute atomic E-state index is 7.47. The third-order valence-corrected chi connectivity index (χ3v) is 3.47. The number of anilines is 1. The van der Waals surface area contributed by atoms with Crippen molar-refractivity contribution in [2.45, 2.75) is 6.90 Å². The normalized spacial score (nSPS) is 11.7. The molecule has 0 fully saturated rings. The average molecular weight is 316 g/mol. The molecule has 2 rings (SSSR count). The quantitative estimate of drug-likeness (QED) is 0.722. The molecule has 0 saturated heterocycles. The van der Waals surface area contributed by atoms with E-state index in [4.69, 9.17) is 7.10 Å². The Morgan fingerprint density at radius 3 is 2.79 bits per heavy atom. The Kier molecular flexibility index (Phi) is 2.22. The molecule has 0 aliphatic heterocycles. The third kappa shape index (κ3) is 1.44. The molecule has 2 N–H and O–H groups in total. The van der Waals surface area contributed by atoms with E-state index in [0.29, 0.717) is 0 Å². The van der Waals surface area contributed by atoms with Gasteiger partial charge in [-0.05, 0) is 34.5 Å². The molecule has 2 aromatic rings. The maximum atomic E-state index is 7.47. The van der Waals surface area contributed by atoms with Crippen LogP contribution in [0.3, 0.4) is 0 Å². The van der Waals surface area contributed by atoms with E-state index in [1.807, 2.05) is 24.3 Å². The summed E-state index contributed by atoms with van der Waals surface area (Å²) < 4.78 is 9.33. The zero-order valence-electron chi connectivity index (χ0n) is 8.35. The summed E-state index contributed by atoms with van der Waals surface area (Å²) in [5, 5.41) is 2.02. The minimum Gasteiger partial charge on any atom is -0.397 e. The molecule has 0 heterocycles. The molecule has 0 atom stereocenters. The van der Waals surface area contributed by atoms with Crippen LogP contribution in [0.25, 0.3) is 10.8 Å². The van der Waals surface area contributed by atoms with Gasteiger partial charge >= 0.3 is 0 Å². The van der Waals surface area contributed by atoms with Gasteiger partial charge in [-0.25, -0.2) is 0 Å². The molecule has 0 aromatic heterocycles. The van der Waals surface area contributed by atoms with E-state index in [2.05, 4.69) is 31.9 Å². The van der Waals surface area contributed by atoms with Crippen LogP contribution < -0.4 is 5.73 Å². The topological polar surface area (TPSA) is 26.0 Å². The number of hydrogen-bond acceptors (Lipinski definition) is 1. The predicted molar refractivity (Wildman–Crippen MR) is 68.5 cm³/mol. The fraction of sp³-hybridized carbons (Fsp3) is 0.0909. The maximum Gasteiger partial charge on any atom is 0.0539 e. The lowest BCUT2D eigenvalue weighted by Gasteiger charge is -2.09. The fourth-order valence-electron chi connectivity index (χ4n) is 1.50. The van der Waals surface area contributed by atoms with Crippen molar-refractivity contribution in [3.05, 3.63) is 38.8 Å². The Labute approximate surface area is 101 Å². The second-order valence-electron chi connectivity index (χ2n) is 3.09. The van der Waals surface area contributed by atoms with Crippen LogP contribution in [-0.4, -0.2) is 0 Å². The van der Waals surface area contributed by atoms with Crippen molar-refractivity contribution in [1.29, 1.82) is 0 Å². The molecule has 0 spiro atoms. The highest BCUT2D eigenvalue weighted by molar-refractivity contribution is 9.11. The first-order valence-electron chi connectivity index (χ1n) is 4.80. The van der Waals surface area contributed by atoms with Crippen LogP contribution in [0.5, 0.6) is 0 Å². The van der Waals surface area contributed by atoms with Gasteiger partial charge in [0, 0.05) is 21.1 Å². The summed E-state index contributed by atoms with van der Waals surface area (Å²) in [7, 11) is 0. The Balaban J connectivity index is 2.95. The van der Waals surface area contributed by atoms with Gasteiger partial charge in [0.15, 0.2) is 0 Å². The van der Waals surface area contributed by atoms with Gasteiger partial charge in [0.1, 0.15) is 0 Å². The summed E-state index contributed by atoms with van der Waals surface area (Å²) >= 11 is 6.92. The summed E-state index contributed by atoms with van der Waals surface area (Å²) in [6, 6.07) is 7.78. The Morgan fingerprint density at radius 1 is 1.29 bits per heavy atom. The molecule has 0 amide bonds. The molecule has 0 bridgehead atoms. The van der Waals surface area contributed by atoms with Crippen molar-refractivity contribution in [3.63, 3.8) is 0 Å². The van der Waals surface area contributed by atoms with Gasteiger partial charge in [-0.1, -0.05) is 34.1 Å². The van der Waals surface area contributed by atoms with Crippen molar-refractivity contribution < 1.29 is 1.37 Å². The number of hydrogen-bond donors (Lipinski definition) is 1. The SMILES string of the molecule is [2H]Cc1cccc2c(N)c(Br)cc(Br)c12. The van der Waals surface area contributed by atoms with E-state index in [0.717, 1.165) is 31.0 Å². The highest BCUT2D eigenvalue weighted by atomic mass is 79.9. The molecule has 72 valence electrons. The lowest BCUT2D eigenvalue weighted by molar-refractivity contribution is 1.51. The Bertz CT molecular complexity index is 525. The first kappa shape index (κ1) is 8.74. The van der Waals surface area contributed by atoms with Crippen molar-refractivity contribution in [2.24, 2.45) is 0 Å². The number of aryl methyl sites for hydroxylation is 1. The first-order valence-corrected chi connectivity index (χ1v) is 5.68. The standard InChI is InChI=1S/C11H9Br2N/c1-6-3-2-4-7-10(6)8(12)5-9(13)11(7)14/h2-5H,14H2,1H3/i1D. The third-order valence-electron chi connectivity index (χ3n) is 2.19. The second kappa shape index (κ2) is 3.55. The van der Waals surface area contributed by atoms with Crippen LogP contribution >= 0.6 is 31.9 Å². The summed E-state index contributed by atoms with van der Waals surface area (Å²) in [6.45, 7) is 0.261. The van der Waals surface area contributed by atoms with Crippen LogP contribution in [-0.2, 0) is 0 Å². The van der Waals surface area contributed by atoms with Crippen LogP contribution in [0.2, 0.25) is 0 Å².